The molecule has 144 valence electrons. The molecular weight excluding hydrogens is 397 g/mol. The number of benzene rings is 2. The van der Waals surface area contributed by atoms with Crippen molar-refractivity contribution in [1.82, 2.24) is 0 Å². The molecule has 28 heavy (non-hydrogen) atoms. The average Bonchev–Trinajstić information content (AvgIpc) is 3.17. The van der Waals surface area contributed by atoms with Gasteiger partial charge in [0.2, 0.25) is 0 Å². The van der Waals surface area contributed by atoms with Gasteiger partial charge in [0.1, 0.15) is 0 Å². The second kappa shape index (κ2) is 7.77. The Kier molecular flexibility index (Phi) is 5.41. The van der Waals surface area contributed by atoms with Crippen LogP contribution in [0.5, 0.6) is 0 Å². The van der Waals surface area contributed by atoms with Crippen molar-refractivity contribution >= 4 is 34.8 Å². The zero-order valence-corrected chi connectivity index (χ0v) is 14.8. The molecular formula is C19H12ClF3N2O3. The van der Waals surface area contributed by atoms with Crippen molar-refractivity contribution in [2.24, 2.45) is 0 Å². The van der Waals surface area contributed by atoms with Crippen LogP contribution < -0.4 is 10.6 Å². The summed E-state index contributed by atoms with van der Waals surface area (Å²) in [5.41, 5.74) is -1.66. The Morgan fingerprint density at radius 1 is 0.929 bits per heavy atom. The van der Waals surface area contributed by atoms with Gasteiger partial charge in [-0.3, -0.25) is 9.59 Å². The maximum absolute atomic E-state index is 13.5. The third-order valence-corrected chi connectivity index (χ3v) is 4.02. The van der Waals surface area contributed by atoms with Crippen LogP contribution >= 0.6 is 11.6 Å². The predicted octanol–water partition coefficient (Wildman–Crippen LogP) is 5.46. The summed E-state index contributed by atoms with van der Waals surface area (Å²) >= 11 is 5.91. The zero-order valence-electron chi connectivity index (χ0n) is 14.0. The molecule has 0 radical (unpaired) electrons. The van der Waals surface area contributed by atoms with Gasteiger partial charge in [0.15, 0.2) is 5.76 Å². The van der Waals surface area contributed by atoms with E-state index in [1.54, 1.807) is 12.1 Å². The Bertz CT molecular complexity index is 1020. The third kappa shape index (κ3) is 4.34. The topological polar surface area (TPSA) is 71.3 Å². The molecule has 0 bridgehead atoms. The van der Waals surface area contributed by atoms with Crippen LogP contribution in [0.15, 0.2) is 65.3 Å². The number of rotatable bonds is 4. The van der Waals surface area contributed by atoms with Gasteiger partial charge in [-0.25, -0.2) is 0 Å². The first-order valence-electron chi connectivity index (χ1n) is 7.87. The lowest BCUT2D eigenvalue weighted by Crippen LogP contribution is -2.18. The van der Waals surface area contributed by atoms with Crippen LogP contribution in [0.4, 0.5) is 24.5 Å². The quantitative estimate of drug-likeness (QED) is 0.602. The maximum Gasteiger partial charge on any atom is 0.418 e. The minimum Gasteiger partial charge on any atom is -0.459 e. The highest BCUT2D eigenvalue weighted by Crippen LogP contribution is 2.37. The standard InChI is InChI=1S/C19H12ClF3N2O3/c20-14-5-2-1-4-12(14)17(26)25-15-8-7-11(10-13(15)19(21,22)23)24-18(27)16-6-3-9-28-16/h1-10H,(H,24,27)(H,25,26). The summed E-state index contributed by atoms with van der Waals surface area (Å²) < 4.78 is 45.3. The highest BCUT2D eigenvalue weighted by atomic mass is 35.5. The van der Waals surface area contributed by atoms with Crippen LogP contribution in [-0.4, -0.2) is 11.8 Å². The molecule has 0 atom stereocenters. The molecule has 2 aromatic carbocycles. The zero-order chi connectivity index (χ0) is 20.3. The van der Waals surface area contributed by atoms with Crippen LogP contribution in [0.2, 0.25) is 5.02 Å². The fraction of sp³-hybridized carbons (Fsp3) is 0.0526. The Labute approximate surface area is 162 Å². The van der Waals surface area contributed by atoms with Crippen LogP contribution in [0.25, 0.3) is 0 Å². The van der Waals surface area contributed by atoms with E-state index in [-0.39, 0.29) is 22.0 Å². The monoisotopic (exact) mass is 408 g/mol. The number of alkyl halides is 3. The van der Waals surface area contributed by atoms with Crippen molar-refractivity contribution in [3.8, 4) is 0 Å². The van der Waals surface area contributed by atoms with Gasteiger partial charge in [-0.2, -0.15) is 13.2 Å². The molecule has 0 unspecified atom stereocenters. The number of nitrogens with one attached hydrogen (secondary N) is 2. The Morgan fingerprint density at radius 3 is 2.32 bits per heavy atom. The highest BCUT2D eigenvalue weighted by Gasteiger charge is 2.34. The lowest BCUT2D eigenvalue weighted by molar-refractivity contribution is -0.136. The van der Waals surface area contributed by atoms with Crippen molar-refractivity contribution < 1.29 is 27.2 Å². The summed E-state index contributed by atoms with van der Waals surface area (Å²) in [5.74, 6) is -1.54. The maximum atomic E-state index is 13.5. The lowest BCUT2D eigenvalue weighted by Gasteiger charge is -2.16. The molecule has 3 aromatic rings. The molecule has 0 aliphatic carbocycles. The molecule has 0 fully saturated rings. The van der Waals surface area contributed by atoms with Crippen molar-refractivity contribution in [1.29, 1.82) is 0 Å². The SMILES string of the molecule is O=C(Nc1ccc(NC(=O)c2ccccc2Cl)c(C(F)(F)F)c1)c1ccco1. The van der Waals surface area contributed by atoms with Gasteiger partial charge >= 0.3 is 6.18 Å². The molecule has 0 aliphatic rings. The third-order valence-electron chi connectivity index (χ3n) is 3.69. The minimum absolute atomic E-state index is 0.0347. The number of hydrogen-bond acceptors (Lipinski definition) is 3. The van der Waals surface area contributed by atoms with E-state index in [2.05, 4.69) is 10.6 Å². The van der Waals surface area contributed by atoms with E-state index in [1.807, 2.05) is 0 Å². The van der Waals surface area contributed by atoms with Gasteiger partial charge in [-0.15, -0.1) is 0 Å². The summed E-state index contributed by atoms with van der Waals surface area (Å²) in [6.45, 7) is 0. The molecule has 2 amide bonds. The van der Waals surface area contributed by atoms with E-state index < -0.39 is 29.2 Å². The number of carbonyl (C=O) groups is 2. The van der Waals surface area contributed by atoms with Gasteiger partial charge in [0.25, 0.3) is 11.8 Å². The van der Waals surface area contributed by atoms with Crippen LogP contribution in [0.3, 0.4) is 0 Å². The number of carbonyl (C=O) groups excluding carboxylic acids is 2. The van der Waals surface area contributed by atoms with E-state index in [0.29, 0.717) is 0 Å². The molecule has 9 heteroatoms. The highest BCUT2D eigenvalue weighted by molar-refractivity contribution is 6.34. The van der Waals surface area contributed by atoms with Gasteiger partial charge in [0, 0.05) is 5.69 Å². The van der Waals surface area contributed by atoms with Gasteiger partial charge in [-0.1, -0.05) is 23.7 Å². The molecule has 0 saturated heterocycles. The Morgan fingerprint density at radius 2 is 1.68 bits per heavy atom. The number of furan rings is 1. The number of hydrogen-bond donors (Lipinski definition) is 2. The van der Waals surface area contributed by atoms with E-state index in [4.69, 9.17) is 16.0 Å². The fourth-order valence-corrected chi connectivity index (χ4v) is 2.62. The molecule has 0 spiro atoms. The molecule has 2 N–H and O–H groups in total. The largest absolute Gasteiger partial charge is 0.459 e. The van der Waals surface area contributed by atoms with E-state index in [9.17, 15) is 22.8 Å². The summed E-state index contributed by atoms with van der Waals surface area (Å²) in [4.78, 5) is 24.2. The smallest absolute Gasteiger partial charge is 0.418 e. The van der Waals surface area contributed by atoms with Crippen LogP contribution in [0.1, 0.15) is 26.5 Å². The van der Waals surface area contributed by atoms with Crippen molar-refractivity contribution in [2.75, 3.05) is 10.6 Å². The average molecular weight is 409 g/mol. The van der Waals surface area contributed by atoms with E-state index in [1.165, 1.54) is 36.6 Å². The summed E-state index contributed by atoms with van der Waals surface area (Å²) in [7, 11) is 0. The Hall–Kier alpha value is -3.26. The van der Waals surface area contributed by atoms with Crippen LogP contribution in [-0.2, 0) is 6.18 Å². The van der Waals surface area contributed by atoms with Crippen molar-refractivity contribution in [3.63, 3.8) is 0 Å². The molecule has 0 saturated carbocycles. The number of anilines is 2. The predicted molar refractivity (Wildman–Crippen MR) is 97.5 cm³/mol. The summed E-state index contributed by atoms with van der Waals surface area (Å²) in [6.07, 6.45) is -3.50. The number of amides is 2. The fourth-order valence-electron chi connectivity index (χ4n) is 2.40. The summed E-state index contributed by atoms with van der Waals surface area (Å²) in [6, 6.07) is 11.8. The van der Waals surface area contributed by atoms with Gasteiger partial charge < -0.3 is 15.1 Å². The molecule has 0 aliphatic heterocycles. The second-order valence-corrected chi connectivity index (χ2v) is 6.03. The molecule has 3 rings (SSSR count). The van der Waals surface area contributed by atoms with Crippen molar-refractivity contribution in [3.05, 3.63) is 82.8 Å². The lowest BCUT2D eigenvalue weighted by atomic mass is 10.1. The molecule has 1 heterocycles. The first-order valence-corrected chi connectivity index (χ1v) is 8.25. The minimum atomic E-state index is -4.77. The van der Waals surface area contributed by atoms with E-state index in [0.717, 1.165) is 12.1 Å². The van der Waals surface area contributed by atoms with Crippen molar-refractivity contribution in [2.45, 2.75) is 6.18 Å². The number of halogens is 4. The van der Waals surface area contributed by atoms with Gasteiger partial charge in [0.05, 0.1) is 28.1 Å². The summed E-state index contributed by atoms with van der Waals surface area (Å²) in [5, 5.41) is 4.63. The molecule has 1 aromatic heterocycles. The Balaban J connectivity index is 1.88. The second-order valence-electron chi connectivity index (χ2n) is 5.62. The normalized spacial score (nSPS) is 11.1. The molecule has 5 nitrogen and oxygen atoms in total. The first-order chi connectivity index (χ1) is 13.3. The van der Waals surface area contributed by atoms with Gasteiger partial charge in [-0.05, 0) is 42.5 Å². The first kappa shape index (κ1) is 19.5. The van der Waals surface area contributed by atoms with E-state index >= 15 is 0 Å². The van der Waals surface area contributed by atoms with Crippen LogP contribution in [0, 0.1) is 0 Å².